The van der Waals surface area contributed by atoms with E-state index in [0.717, 1.165) is 11.3 Å². The fourth-order valence-electron chi connectivity index (χ4n) is 1.55. The van der Waals surface area contributed by atoms with Gasteiger partial charge in [0.1, 0.15) is 9.77 Å². The smallest absolute Gasteiger partial charge is 0.347 e. The van der Waals surface area contributed by atoms with E-state index >= 15 is 0 Å². The van der Waals surface area contributed by atoms with E-state index in [9.17, 15) is 13.2 Å². The first-order valence-electron chi connectivity index (χ1n) is 5.69. The molecule has 0 aromatic carbocycles. The molecule has 0 atom stereocenters. The molecule has 0 aliphatic carbocycles. The third kappa shape index (κ3) is 2.83. The number of aromatic carboxylic acids is 1. The summed E-state index contributed by atoms with van der Waals surface area (Å²) in [5, 5.41) is 14.4. The second kappa shape index (κ2) is 5.25. The van der Waals surface area contributed by atoms with Gasteiger partial charge in [-0.2, -0.15) is 5.10 Å². The van der Waals surface area contributed by atoms with Gasteiger partial charge in [-0.25, -0.2) is 13.2 Å². The zero-order valence-corrected chi connectivity index (χ0v) is 12.4. The average Bonchev–Trinajstić information content (AvgIpc) is 2.95. The van der Waals surface area contributed by atoms with Gasteiger partial charge in [-0.05, 0) is 25.3 Å². The Morgan fingerprint density at radius 2 is 2.20 bits per heavy atom. The van der Waals surface area contributed by atoms with Crippen LogP contribution >= 0.6 is 11.3 Å². The number of carboxylic acid groups (broad SMARTS) is 1. The highest BCUT2D eigenvalue weighted by atomic mass is 32.2. The fourth-order valence-corrected chi connectivity index (χ4v) is 3.84. The molecule has 2 rings (SSSR count). The molecule has 20 heavy (non-hydrogen) atoms. The van der Waals surface area contributed by atoms with Crippen molar-refractivity contribution in [3.63, 3.8) is 0 Å². The Hall–Kier alpha value is -1.87. The van der Waals surface area contributed by atoms with Crippen molar-refractivity contribution >= 4 is 33.0 Å². The molecular weight excluding hydrogens is 302 g/mol. The maximum absolute atomic E-state index is 12.2. The van der Waals surface area contributed by atoms with Gasteiger partial charge in [-0.1, -0.05) is 0 Å². The molecule has 108 valence electrons. The second-order valence-corrected chi connectivity index (χ2v) is 6.89. The minimum Gasteiger partial charge on any atom is -0.477 e. The Kier molecular flexibility index (Phi) is 3.82. The molecule has 2 aromatic heterocycles. The summed E-state index contributed by atoms with van der Waals surface area (Å²) in [6.45, 7) is 3.82. The van der Waals surface area contributed by atoms with Crippen molar-refractivity contribution in [3.05, 3.63) is 28.7 Å². The standard InChI is InChI=1S/C11H13N3O4S2/c1-7(2)14-6-8(5-12-14)13-20(17,18)9-3-4-19-10(9)11(15)16/h3-7,13H,1-2H3,(H,15,16). The Morgan fingerprint density at radius 3 is 2.75 bits per heavy atom. The number of hydrogen-bond acceptors (Lipinski definition) is 5. The number of rotatable bonds is 5. The van der Waals surface area contributed by atoms with Gasteiger partial charge in [0, 0.05) is 12.2 Å². The molecule has 2 aromatic rings. The van der Waals surface area contributed by atoms with E-state index in [1.54, 1.807) is 10.9 Å². The lowest BCUT2D eigenvalue weighted by atomic mass is 10.4. The topological polar surface area (TPSA) is 101 Å². The Labute approximate surface area is 119 Å². The third-order valence-electron chi connectivity index (χ3n) is 2.50. The summed E-state index contributed by atoms with van der Waals surface area (Å²) < 4.78 is 28.2. The number of sulfonamides is 1. The molecule has 0 saturated carbocycles. The first kappa shape index (κ1) is 14.5. The van der Waals surface area contributed by atoms with E-state index in [0.29, 0.717) is 5.69 Å². The van der Waals surface area contributed by atoms with Crippen molar-refractivity contribution in [2.24, 2.45) is 0 Å². The molecular formula is C11H13N3O4S2. The molecule has 2 N–H and O–H groups in total. The quantitative estimate of drug-likeness (QED) is 0.879. The molecule has 0 bridgehead atoms. The van der Waals surface area contributed by atoms with E-state index in [4.69, 9.17) is 5.11 Å². The first-order valence-corrected chi connectivity index (χ1v) is 8.05. The molecule has 0 unspecified atom stereocenters. The van der Waals surface area contributed by atoms with Crippen LogP contribution in [0.1, 0.15) is 29.6 Å². The van der Waals surface area contributed by atoms with Gasteiger partial charge in [0.25, 0.3) is 10.0 Å². The number of carboxylic acids is 1. The molecule has 9 heteroatoms. The molecule has 0 spiro atoms. The van der Waals surface area contributed by atoms with Gasteiger partial charge >= 0.3 is 5.97 Å². The van der Waals surface area contributed by atoms with Gasteiger partial charge < -0.3 is 5.11 Å². The van der Waals surface area contributed by atoms with Crippen molar-refractivity contribution in [2.75, 3.05) is 4.72 Å². The monoisotopic (exact) mass is 315 g/mol. The predicted molar refractivity (Wildman–Crippen MR) is 74.7 cm³/mol. The van der Waals surface area contributed by atoms with Crippen LogP contribution in [-0.4, -0.2) is 29.3 Å². The normalized spacial score (nSPS) is 11.8. The highest BCUT2D eigenvalue weighted by molar-refractivity contribution is 7.93. The molecule has 0 aliphatic rings. The van der Waals surface area contributed by atoms with Gasteiger partial charge in [0.2, 0.25) is 0 Å². The van der Waals surface area contributed by atoms with Crippen LogP contribution in [-0.2, 0) is 10.0 Å². The number of anilines is 1. The van der Waals surface area contributed by atoms with Gasteiger partial charge in [-0.3, -0.25) is 9.40 Å². The van der Waals surface area contributed by atoms with Crippen LogP contribution in [0.2, 0.25) is 0 Å². The van der Waals surface area contributed by atoms with E-state index in [-0.39, 0.29) is 15.8 Å². The minimum absolute atomic E-state index is 0.101. The number of carbonyl (C=O) groups is 1. The number of thiophene rings is 1. The molecule has 7 nitrogen and oxygen atoms in total. The van der Waals surface area contributed by atoms with Crippen LogP contribution < -0.4 is 4.72 Å². The highest BCUT2D eigenvalue weighted by Gasteiger charge is 2.24. The maximum Gasteiger partial charge on any atom is 0.347 e. The van der Waals surface area contributed by atoms with E-state index < -0.39 is 16.0 Å². The molecule has 0 fully saturated rings. The van der Waals surface area contributed by atoms with E-state index in [1.807, 2.05) is 13.8 Å². The summed E-state index contributed by atoms with van der Waals surface area (Å²) in [6, 6.07) is 1.37. The van der Waals surface area contributed by atoms with Crippen LogP contribution in [0, 0.1) is 0 Å². The zero-order valence-electron chi connectivity index (χ0n) is 10.8. The van der Waals surface area contributed by atoms with Gasteiger partial charge in [0.15, 0.2) is 0 Å². The first-order chi connectivity index (χ1) is 9.31. The maximum atomic E-state index is 12.2. The number of hydrogen-bond donors (Lipinski definition) is 2. The summed E-state index contributed by atoms with van der Waals surface area (Å²) >= 11 is 0.866. The lowest BCUT2D eigenvalue weighted by Crippen LogP contribution is -2.14. The Bertz CT molecular complexity index is 730. The summed E-state index contributed by atoms with van der Waals surface area (Å²) in [5.41, 5.74) is 0.293. The minimum atomic E-state index is -3.93. The average molecular weight is 315 g/mol. The van der Waals surface area contributed by atoms with Crippen LogP contribution in [0.5, 0.6) is 0 Å². The Morgan fingerprint density at radius 1 is 1.50 bits per heavy atom. The lowest BCUT2D eigenvalue weighted by molar-refractivity contribution is 0.0698. The fraction of sp³-hybridized carbons (Fsp3) is 0.273. The van der Waals surface area contributed by atoms with Gasteiger partial charge in [-0.15, -0.1) is 11.3 Å². The number of nitrogens with one attached hydrogen (secondary N) is 1. The van der Waals surface area contributed by atoms with Crippen LogP contribution in [0.15, 0.2) is 28.7 Å². The van der Waals surface area contributed by atoms with Crippen molar-refractivity contribution in [3.8, 4) is 0 Å². The summed E-state index contributed by atoms with van der Waals surface area (Å²) in [5.74, 6) is -1.27. The largest absolute Gasteiger partial charge is 0.477 e. The van der Waals surface area contributed by atoms with Crippen molar-refractivity contribution in [1.82, 2.24) is 9.78 Å². The molecule has 0 radical (unpaired) electrons. The number of nitrogens with zero attached hydrogens (tertiary/aromatic N) is 2. The SMILES string of the molecule is CC(C)n1cc(NS(=O)(=O)c2ccsc2C(=O)O)cn1. The highest BCUT2D eigenvalue weighted by Crippen LogP contribution is 2.24. The van der Waals surface area contributed by atoms with Crippen molar-refractivity contribution in [2.45, 2.75) is 24.8 Å². The molecule has 0 aliphatic heterocycles. The van der Waals surface area contributed by atoms with Crippen molar-refractivity contribution in [1.29, 1.82) is 0 Å². The van der Waals surface area contributed by atoms with Crippen molar-refractivity contribution < 1.29 is 18.3 Å². The van der Waals surface area contributed by atoms with Crippen LogP contribution in [0.3, 0.4) is 0 Å². The summed E-state index contributed by atoms with van der Waals surface area (Å²) in [7, 11) is -3.93. The van der Waals surface area contributed by atoms with Gasteiger partial charge in [0.05, 0.1) is 11.9 Å². The zero-order chi connectivity index (χ0) is 14.9. The van der Waals surface area contributed by atoms with Crippen LogP contribution in [0.4, 0.5) is 5.69 Å². The lowest BCUT2D eigenvalue weighted by Gasteiger charge is -2.06. The van der Waals surface area contributed by atoms with E-state index in [2.05, 4.69) is 9.82 Å². The third-order valence-corrected chi connectivity index (χ3v) is 4.95. The molecule has 0 saturated heterocycles. The van der Waals surface area contributed by atoms with Crippen LogP contribution in [0.25, 0.3) is 0 Å². The summed E-state index contributed by atoms with van der Waals surface area (Å²) in [6.07, 6.45) is 2.93. The predicted octanol–water partition coefficient (Wildman–Crippen LogP) is 2.02. The Balaban J connectivity index is 2.31. The molecule has 0 amide bonds. The second-order valence-electron chi connectivity index (χ2n) is 4.33. The number of aromatic nitrogens is 2. The molecule has 2 heterocycles. The summed E-state index contributed by atoms with van der Waals surface area (Å²) in [4.78, 5) is 10.5. The van der Waals surface area contributed by atoms with E-state index in [1.165, 1.54) is 17.6 Å².